The highest BCUT2D eigenvalue weighted by Crippen LogP contribution is 2.19. The maximum atomic E-state index is 4.28. The maximum Gasteiger partial charge on any atom is 0.0756 e. The van der Waals surface area contributed by atoms with Gasteiger partial charge in [-0.2, -0.15) is 0 Å². The number of hydrogen-bond acceptors (Lipinski definition) is 3. The van der Waals surface area contributed by atoms with Gasteiger partial charge in [-0.25, -0.2) is 0 Å². The van der Waals surface area contributed by atoms with E-state index >= 15 is 0 Å². The molecule has 0 saturated carbocycles. The van der Waals surface area contributed by atoms with E-state index in [1.165, 1.54) is 19.3 Å². The quantitative estimate of drug-likeness (QED) is 0.678. The second kappa shape index (κ2) is 3.63. The zero-order chi connectivity index (χ0) is 8.23. The predicted octanol–water partition coefficient (Wildman–Crippen LogP) is 1.29. The molecule has 3 heteroatoms. The Hall–Kier alpha value is -0.960. The van der Waals surface area contributed by atoms with E-state index in [1.54, 1.807) is 12.4 Å². The lowest BCUT2D eigenvalue weighted by Crippen LogP contribution is -2.27. The molecule has 1 atom stereocenters. The fourth-order valence-corrected chi connectivity index (χ4v) is 1.59. The third-order valence-corrected chi connectivity index (χ3v) is 2.25. The van der Waals surface area contributed by atoms with Gasteiger partial charge in [-0.15, -0.1) is 0 Å². The molecule has 1 aromatic rings. The van der Waals surface area contributed by atoms with Crippen molar-refractivity contribution in [1.82, 2.24) is 15.3 Å². The predicted molar refractivity (Wildman–Crippen MR) is 46.6 cm³/mol. The van der Waals surface area contributed by atoms with Crippen LogP contribution in [0.4, 0.5) is 0 Å². The molecule has 1 aromatic heterocycles. The van der Waals surface area contributed by atoms with Gasteiger partial charge < -0.3 is 5.32 Å². The molecule has 1 N–H and O–H groups in total. The van der Waals surface area contributed by atoms with E-state index in [9.17, 15) is 0 Å². The van der Waals surface area contributed by atoms with Crippen LogP contribution < -0.4 is 5.32 Å². The van der Waals surface area contributed by atoms with Gasteiger partial charge in [-0.1, -0.05) is 6.42 Å². The summed E-state index contributed by atoms with van der Waals surface area (Å²) in [6.45, 7) is 1.11. The Morgan fingerprint density at radius 3 is 3.00 bits per heavy atom. The van der Waals surface area contributed by atoms with Gasteiger partial charge in [0.05, 0.1) is 11.7 Å². The van der Waals surface area contributed by atoms with Crippen molar-refractivity contribution >= 4 is 0 Å². The van der Waals surface area contributed by atoms with Crippen molar-refractivity contribution in [3.05, 3.63) is 24.3 Å². The molecular weight excluding hydrogens is 150 g/mol. The molecule has 1 aliphatic heterocycles. The summed E-state index contributed by atoms with van der Waals surface area (Å²) < 4.78 is 0. The van der Waals surface area contributed by atoms with Crippen molar-refractivity contribution in [2.45, 2.75) is 25.3 Å². The smallest absolute Gasteiger partial charge is 0.0756 e. The van der Waals surface area contributed by atoms with Crippen molar-refractivity contribution in [3.63, 3.8) is 0 Å². The van der Waals surface area contributed by atoms with Crippen molar-refractivity contribution in [2.24, 2.45) is 0 Å². The molecular formula is C9H13N3. The molecule has 64 valence electrons. The lowest BCUT2D eigenvalue weighted by Gasteiger charge is -2.22. The Labute approximate surface area is 72.2 Å². The summed E-state index contributed by atoms with van der Waals surface area (Å²) in [6.07, 6.45) is 9.10. The van der Waals surface area contributed by atoms with E-state index < -0.39 is 0 Å². The molecule has 12 heavy (non-hydrogen) atoms. The van der Waals surface area contributed by atoms with Crippen molar-refractivity contribution < 1.29 is 0 Å². The van der Waals surface area contributed by atoms with Gasteiger partial charge in [0.15, 0.2) is 0 Å². The maximum absolute atomic E-state index is 4.28. The van der Waals surface area contributed by atoms with Crippen molar-refractivity contribution in [2.75, 3.05) is 6.54 Å². The molecule has 0 spiro atoms. The summed E-state index contributed by atoms with van der Waals surface area (Å²) in [5, 5.41) is 3.43. The highest BCUT2D eigenvalue weighted by atomic mass is 15.0. The van der Waals surface area contributed by atoms with E-state index in [4.69, 9.17) is 0 Å². The first-order valence-electron chi connectivity index (χ1n) is 4.46. The lowest BCUT2D eigenvalue weighted by molar-refractivity contribution is 0.404. The molecule has 3 nitrogen and oxygen atoms in total. The Kier molecular flexibility index (Phi) is 2.32. The first kappa shape index (κ1) is 7.68. The van der Waals surface area contributed by atoms with E-state index in [0.29, 0.717) is 6.04 Å². The van der Waals surface area contributed by atoms with E-state index in [0.717, 1.165) is 12.2 Å². The van der Waals surface area contributed by atoms with Gasteiger partial charge in [0.2, 0.25) is 0 Å². The second-order valence-electron chi connectivity index (χ2n) is 3.13. The Balaban J connectivity index is 2.08. The van der Waals surface area contributed by atoms with Gasteiger partial charge in [-0.05, 0) is 19.4 Å². The zero-order valence-corrected chi connectivity index (χ0v) is 7.03. The molecule has 1 fully saturated rings. The van der Waals surface area contributed by atoms with E-state index in [-0.39, 0.29) is 0 Å². The standard InChI is InChI=1S/C9H13N3/c1-2-4-11-8(3-1)9-7-10-5-6-12-9/h5-8,11H,1-4H2/t8-/m0/s1. The average molecular weight is 163 g/mol. The van der Waals surface area contributed by atoms with Crippen LogP contribution in [0.25, 0.3) is 0 Å². The first-order valence-corrected chi connectivity index (χ1v) is 4.46. The molecule has 2 rings (SSSR count). The van der Waals surface area contributed by atoms with Crippen LogP contribution in [0, 0.1) is 0 Å². The van der Waals surface area contributed by atoms with Gasteiger partial charge in [0, 0.05) is 18.6 Å². The van der Waals surface area contributed by atoms with Crippen LogP contribution in [-0.4, -0.2) is 16.5 Å². The van der Waals surface area contributed by atoms with Crippen LogP contribution in [-0.2, 0) is 0 Å². The summed E-state index contributed by atoms with van der Waals surface area (Å²) >= 11 is 0. The minimum atomic E-state index is 0.437. The van der Waals surface area contributed by atoms with Crippen molar-refractivity contribution in [3.8, 4) is 0 Å². The molecule has 0 amide bonds. The summed E-state index contributed by atoms with van der Waals surface area (Å²) in [5.74, 6) is 0. The monoisotopic (exact) mass is 163 g/mol. The fourth-order valence-electron chi connectivity index (χ4n) is 1.59. The average Bonchev–Trinajstić information content (AvgIpc) is 2.21. The van der Waals surface area contributed by atoms with Crippen LogP contribution in [0.5, 0.6) is 0 Å². The van der Waals surface area contributed by atoms with Crippen molar-refractivity contribution in [1.29, 1.82) is 0 Å². The van der Waals surface area contributed by atoms with Gasteiger partial charge in [-0.3, -0.25) is 9.97 Å². The fraction of sp³-hybridized carbons (Fsp3) is 0.556. The Morgan fingerprint density at radius 2 is 2.33 bits per heavy atom. The molecule has 0 unspecified atom stereocenters. The topological polar surface area (TPSA) is 37.8 Å². The Morgan fingerprint density at radius 1 is 1.33 bits per heavy atom. The third-order valence-electron chi connectivity index (χ3n) is 2.25. The summed E-state index contributed by atoms with van der Waals surface area (Å²) in [6, 6.07) is 0.437. The van der Waals surface area contributed by atoms with Crippen LogP contribution in [0.1, 0.15) is 31.0 Å². The van der Waals surface area contributed by atoms with Gasteiger partial charge in [0.25, 0.3) is 0 Å². The second-order valence-corrected chi connectivity index (χ2v) is 3.13. The molecule has 0 radical (unpaired) electrons. The van der Waals surface area contributed by atoms with Crippen LogP contribution >= 0.6 is 0 Å². The number of nitrogens with one attached hydrogen (secondary N) is 1. The molecule has 1 saturated heterocycles. The Bertz CT molecular complexity index is 229. The SMILES string of the molecule is c1cnc([C@@H]2CCCCN2)cn1. The van der Waals surface area contributed by atoms with Gasteiger partial charge in [0.1, 0.15) is 0 Å². The zero-order valence-electron chi connectivity index (χ0n) is 7.03. The van der Waals surface area contributed by atoms with E-state index in [1.807, 2.05) is 6.20 Å². The third kappa shape index (κ3) is 1.61. The number of nitrogens with zero attached hydrogens (tertiary/aromatic N) is 2. The number of rotatable bonds is 1. The molecule has 2 heterocycles. The normalized spacial score (nSPS) is 23.8. The largest absolute Gasteiger partial charge is 0.309 e. The number of aromatic nitrogens is 2. The van der Waals surface area contributed by atoms with Crippen LogP contribution in [0.3, 0.4) is 0 Å². The minimum Gasteiger partial charge on any atom is -0.309 e. The highest BCUT2D eigenvalue weighted by molar-refractivity contribution is 5.02. The minimum absolute atomic E-state index is 0.437. The van der Waals surface area contributed by atoms with E-state index in [2.05, 4.69) is 15.3 Å². The van der Waals surface area contributed by atoms with Crippen LogP contribution in [0.2, 0.25) is 0 Å². The lowest BCUT2D eigenvalue weighted by atomic mass is 10.0. The summed E-state index contributed by atoms with van der Waals surface area (Å²) in [7, 11) is 0. The summed E-state index contributed by atoms with van der Waals surface area (Å²) in [5.41, 5.74) is 1.08. The first-order chi connectivity index (χ1) is 5.97. The van der Waals surface area contributed by atoms with Gasteiger partial charge >= 0.3 is 0 Å². The highest BCUT2D eigenvalue weighted by Gasteiger charge is 2.14. The van der Waals surface area contributed by atoms with Crippen LogP contribution in [0.15, 0.2) is 18.6 Å². The molecule has 0 aliphatic carbocycles. The number of hydrogen-bond donors (Lipinski definition) is 1. The molecule has 1 aliphatic rings. The molecule has 0 aromatic carbocycles. The molecule has 0 bridgehead atoms. The summed E-state index contributed by atoms with van der Waals surface area (Å²) in [4.78, 5) is 8.33. The number of piperidine rings is 1.